The second-order valence-corrected chi connectivity index (χ2v) is 5.77. The molecule has 0 saturated carbocycles. The van der Waals surface area contributed by atoms with Crippen molar-refractivity contribution in [2.24, 2.45) is 5.41 Å². The highest BCUT2D eigenvalue weighted by atomic mass is 35.5. The normalized spacial score (nSPS) is 16.2. The van der Waals surface area contributed by atoms with Crippen molar-refractivity contribution in [2.75, 3.05) is 0 Å². The van der Waals surface area contributed by atoms with Gasteiger partial charge in [0.2, 0.25) is 0 Å². The minimum atomic E-state index is -0.247. The van der Waals surface area contributed by atoms with Gasteiger partial charge in [-0.25, -0.2) is 0 Å². The fraction of sp³-hybridized carbons (Fsp3) is 0.294. The summed E-state index contributed by atoms with van der Waals surface area (Å²) >= 11 is 0. The zero-order chi connectivity index (χ0) is 13.5. The van der Waals surface area contributed by atoms with Crippen molar-refractivity contribution in [1.29, 1.82) is 0 Å². The van der Waals surface area contributed by atoms with Crippen molar-refractivity contribution in [1.82, 2.24) is 4.98 Å². The number of halogens is 1. The highest BCUT2D eigenvalue weighted by molar-refractivity contribution is 6.02. The fourth-order valence-corrected chi connectivity index (χ4v) is 2.58. The third-order valence-electron chi connectivity index (χ3n) is 3.89. The van der Waals surface area contributed by atoms with E-state index in [0.29, 0.717) is 0 Å². The van der Waals surface area contributed by atoms with Crippen LogP contribution in [0, 0.1) is 5.41 Å². The number of hydrogen-bond acceptors (Lipinski definition) is 2. The molecule has 0 aliphatic heterocycles. The van der Waals surface area contributed by atoms with E-state index in [9.17, 15) is 4.79 Å². The molecule has 1 aliphatic rings. The number of fused-ring (bicyclic) bond motifs is 1. The van der Waals surface area contributed by atoms with Crippen molar-refractivity contribution < 1.29 is 4.79 Å². The van der Waals surface area contributed by atoms with Gasteiger partial charge in [0.1, 0.15) is 0 Å². The van der Waals surface area contributed by atoms with E-state index in [1.54, 1.807) is 0 Å². The molecule has 1 heterocycles. The maximum Gasteiger partial charge on any atom is 0.170 e. The van der Waals surface area contributed by atoms with Gasteiger partial charge in [-0.1, -0.05) is 44.2 Å². The van der Waals surface area contributed by atoms with E-state index in [1.165, 1.54) is 0 Å². The van der Waals surface area contributed by atoms with Crippen LogP contribution in [-0.2, 0) is 6.42 Å². The van der Waals surface area contributed by atoms with Crippen LogP contribution in [0.2, 0.25) is 0 Å². The fourth-order valence-electron chi connectivity index (χ4n) is 2.58. The summed E-state index contributed by atoms with van der Waals surface area (Å²) in [7, 11) is 0. The molecule has 1 aromatic heterocycles. The summed E-state index contributed by atoms with van der Waals surface area (Å²) < 4.78 is 0. The molecule has 0 bridgehead atoms. The van der Waals surface area contributed by atoms with Gasteiger partial charge in [0.15, 0.2) is 5.78 Å². The molecule has 0 unspecified atom stereocenters. The first-order valence-electron chi connectivity index (χ1n) is 6.68. The van der Waals surface area contributed by atoms with Crippen LogP contribution in [0.5, 0.6) is 0 Å². The molecule has 1 aliphatic carbocycles. The lowest BCUT2D eigenvalue weighted by atomic mass is 9.75. The topological polar surface area (TPSA) is 30.0 Å². The van der Waals surface area contributed by atoms with Gasteiger partial charge in [0, 0.05) is 16.5 Å². The van der Waals surface area contributed by atoms with Crippen LogP contribution in [0.4, 0.5) is 0 Å². The number of carbonyl (C=O) groups is 1. The maximum atomic E-state index is 12.3. The number of benzene rings is 1. The lowest BCUT2D eigenvalue weighted by Crippen LogP contribution is -2.31. The zero-order valence-corrected chi connectivity index (χ0v) is 12.5. The molecule has 1 aromatic carbocycles. The smallest absolute Gasteiger partial charge is 0.170 e. The van der Waals surface area contributed by atoms with Gasteiger partial charge in [0.25, 0.3) is 0 Å². The zero-order valence-electron chi connectivity index (χ0n) is 11.7. The first-order valence-corrected chi connectivity index (χ1v) is 6.68. The third-order valence-corrected chi connectivity index (χ3v) is 3.89. The van der Waals surface area contributed by atoms with Crippen LogP contribution >= 0.6 is 12.4 Å². The Bertz CT molecular complexity index is 635. The Balaban J connectivity index is 0.00000147. The molecule has 2 nitrogen and oxygen atoms in total. The number of ketones is 1. The Hall–Kier alpha value is -1.67. The Morgan fingerprint density at radius 1 is 1.05 bits per heavy atom. The number of pyridine rings is 1. The van der Waals surface area contributed by atoms with E-state index in [2.05, 4.69) is 4.98 Å². The van der Waals surface area contributed by atoms with Crippen molar-refractivity contribution in [3.05, 3.63) is 53.7 Å². The summed E-state index contributed by atoms with van der Waals surface area (Å²) in [5.41, 5.74) is 3.55. The highest BCUT2D eigenvalue weighted by Crippen LogP contribution is 2.34. The van der Waals surface area contributed by atoms with Gasteiger partial charge < -0.3 is 0 Å². The average Bonchev–Trinajstić information content (AvgIpc) is 2.44. The Morgan fingerprint density at radius 3 is 2.45 bits per heavy atom. The average molecular weight is 288 g/mol. The van der Waals surface area contributed by atoms with E-state index in [-0.39, 0.29) is 23.6 Å². The van der Waals surface area contributed by atoms with Crippen LogP contribution < -0.4 is 0 Å². The minimum Gasteiger partial charge on any atom is -0.294 e. The van der Waals surface area contributed by atoms with Crippen molar-refractivity contribution in [3.63, 3.8) is 0 Å². The van der Waals surface area contributed by atoms with Crippen LogP contribution in [0.25, 0.3) is 11.3 Å². The van der Waals surface area contributed by atoms with Gasteiger partial charge in [-0.15, -0.1) is 12.4 Å². The molecule has 0 fully saturated rings. The second kappa shape index (κ2) is 5.37. The van der Waals surface area contributed by atoms with Crippen LogP contribution in [0.3, 0.4) is 0 Å². The predicted octanol–water partition coefficient (Wildman–Crippen LogP) is 4.33. The largest absolute Gasteiger partial charge is 0.294 e. The lowest BCUT2D eigenvalue weighted by Gasteiger charge is -2.29. The lowest BCUT2D eigenvalue weighted by molar-refractivity contribution is 0.0809. The van der Waals surface area contributed by atoms with E-state index in [0.717, 1.165) is 35.4 Å². The Labute approximate surface area is 125 Å². The number of nitrogens with zero attached hydrogens (tertiary/aromatic N) is 1. The third kappa shape index (κ3) is 2.48. The van der Waals surface area contributed by atoms with Crippen LogP contribution in [0.1, 0.15) is 36.3 Å². The molecule has 3 rings (SSSR count). The summed E-state index contributed by atoms with van der Waals surface area (Å²) in [6, 6.07) is 14.0. The Kier molecular flexibility index (Phi) is 3.96. The minimum absolute atomic E-state index is 0. The molecule has 3 heteroatoms. The summed E-state index contributed by atoms with van der Waals surface area (Å²) in [5.74, 6) is 0.223. The van der Waals surface area contributed by atoms with Gasteiger partial charge in [-0.2, -0.15) is 0 Å². The van der Waals surface area contributed by atoms with Gasteiger partial charge in [-0.3, -0.25) is 9.78 Å². The Morgan fingerprint density at radius 2 is 1.75 bits per heavy atom. The van der Waals surface area contributed by atoms with Crippen molar-refractivity contribution in [3.8, 4) is 11.3 Å². The molecule has 0 saturated heterocycles. The summed E-state index contributed by atoms with van der Waals surface area (Å²) in [6.45, 7) is 4.03. The molecule has 2 aromatic rings. The molecule has 0 radical (unpaired) electrons. The first kappa shape index (κ1) is 14.7. The van der Waals surface area contributed by atoms with E-state index >= 15 is 0 Å². The van der Waals surface area contributed by atoms with E-state index in [4.69, 9.17) is 0 Å². The monoisotopic (exact) mass is 287 g/mol. The van der Waals surface area contributed by atoms with Crippen LogP contribution in [-0.4, -0.2) is 10.8 Å². The first-order chi connectivity index (χ1) is 9.08. The van der Waals surface area contributed by atoms with Gasteiger partial charge >= 0.3 is 0 Å². The maximum absolute atomic E-state index is 12.3. The summed E-state index contributed by atoms with van der Waals surface area (Å²) in [4.78, 5) is 17.0. The summed E-state index contributed by atoms with van der Waals surface area (Å²) in [5, 5.41) is 0. The molecule has 20 heavy (non-hydrogen) atoms. The molecule has 0 spiro atoms. The molecule has 0 amide bonds. The molecular weight excluding hydrogens is 270 g/mol. The molecular formula is C17H18ClNO. The standard InChI is InChI=1S/C17H17NO.ClH/c1-17(2)11-10-15-13(16(17)19)8-9-14(18-15)12-6-4-3-5-7-12;/h3-9H,10-11H2,1-2H3;1H. The van der Waals surface area contributed by atoms with Crippen LogP contribution in [0.15, 0.2) is 42.5 Å². The van der Waals surface area contributed by atoms with E-state index < -0.39 is 0 Å². The van der Waals surface area contributed by atoms with E-state index in [1.807, 2.05) is 56.3 Å². The molecule has 104 valence electrons. The molecule has 0 atom stereocenters. The quantitative estimate of drug-likeness (QED) is 0.781. The number of carbonyl (C=O) groups excluding carboxylic acids is 1. The summed E-state index contributed by atoms with van der Waals surface area (Å²) in [6.07, 6.45) is 1.76. The number of aromatic nitrogens is 1. The van der Waals surface area contributed by atoms with Gasteiger partial charge in [-0.05, 0) is 25.0 Å². The SMILES string of the molecule is CC1(C)CCc2nc(-c3ccccc3)ccc2C1=O.Cl. The van der Waals surface area contributed by atoms with Crippen molar-refractivity contribution >= 4 is 18.2 Å². The highest BCUT2D eigenvalue weighted by Gasteiger charge is 2.34. The number of Topliss-reactive ketones (excluding diaryl/α,β-unsaturated/α-hetero) is 1. The predicted molar refractivity (Wildman–Crippen MR) is 83.4 cm³/mol. The molecule has 0 N–H and O–H groups in total. The van der Waals surface area contributed by atoms with Gasteiger partial charge in [0.05, 0.1) is 11.4 Å². The second-order valence-electron chi connectivity index (χ2n) is 5.77. The number of rotatable bonds is 1. The number of aryl methyl sites for hydroxylation is 1. The van der Waals surface area contributed by atoms with Crippen molar-refractivity contribution in [2.45, 2.75) is 26.7 Å². The number of hydrogen-bond donors (Lipinski definition) is 0.